The highest BCUT2D eigenvalue weighted by atomic mass is 35.5. The van der Waals surface area contributed by atoms with Gasteiger partial charge in [-0.05, 0) is 30.5 Å². The molecule has 3 rings (SSSR count). The van der Waals surface area contributed by atoms with Crippen molar-refractivity contribution in [1.29, 1.82) is 0 Å². The zero-order valence-corrected chi connectivity index (χ0v) is 16.9. The number of rotatable bonds is 5. The highest BCUT2D eigenvalue weighted by molar-refractivity contribution is 7.89. The minimum Gasteiger partial charge on any atom is -0.340 e. The van der Waals surface area contributed by atoms with Crippen molar-refractivity contribution in [2.24, 2.45) is 5.92 Å². The third-order valence-corrected chi connectivity index (χ3v) is 7.13. The van der Waals surface area contributed by atoms with Gasteiger partial charge in [0, 0.05) is 50.2 Å². The number of piperidine rings is 1. The number of hydrogen-bond donors (Lipinski definition) is 1. The van der Waals surface area contributed by atoms with E-state index in [1.807, 2.05) is 17.0 Å². The van der Waals surface area contributed by atoms with Crippen molar-refractivity contribution in [2.45, 2.75) is 12.8 Å². The molecule has 1 aromatic carbocycles. The Morgan fingerprint density at radius 1 is 1.11 bits per heavy atom. The zero-order valence-electron chi connectivity index (χ0n) is 15.3. The van der Waals surface area contributed by atoms with Crippen molar-refractivity contribution in [3.05, 3.63) is 40.9 Å². The first kappa shape index (κ1) is 20.3. The van der Waals surface area contributed by atoms with Crippen LogP contribution in [0.3, 0.4) is 0 Å². The highest BCUT2D eigenvalue weighted by Crippen LogP contribution is 2.22. The average molecular weight is 412 g/mol. The lowest BCUT2D eigenvalue weighted by Crippen LogP contribution is -2.50. The molecule has 2 fully saturated rings. The number of sulfonamides is 1. The second-order valence-electron chi connectivity index (χ2n) is 6.98. The second kappa shape index (κ2) is 9.19. The minimum absolute atomic E-state index is 0.0357. The first-order chi connectivity index (χ1) is 13.0. The molecule has 2 aliphatic heterocycles. The van der Waals surface area contributed by atoms with E-state index in [9.17, 15) is 13.2 Å². The summed E-state index contributed by atoms with van der Waals surface area (Å²) in [7, 11) is -3.35. The molecule has 0 bridgehead atoms. The lowest BCUT2D eigenvalue weighted by atomic mass is 9.96. The van der Waals surface area contributed by atoms with Gasteiger partial charge < -0.3 is 10.2 Å². The van der Waals surface area contributed by atoms with Crippen LogP contribution < -0.4 is 5.32 Å². The summed E-state index contributed by atoms with van der Waals surface area (Å²) in [6, 6.07) is 7.24. The van der Waals surface area contributed by atoms with Crippen LogP contribution in [-0.2, 0) is 14.8 Å². The van der Waals surface area contributed by atoms with Gasteiger partial charge in [0.2, 0.25) is 15.9 Å². The average Bonchev–Trinajstić information content (AvgIpc) is 2.69. The van der Waals surface area contributed by atoms with Crippen LogP contribution in [-0.4, -0.2) is 68.6 Å². The van der Waals surface area contributed by atoms with Gasteiger partial charge in [0.05, 0.1) is 5.75 Å². The van der Waals surface area contributed by atoms with Crippen LogP contribution in [0, 0.1) is 5.92 Å². The van der Waals surface area contributed by atoms with Crippen molar-refractivity contribution in [2.75, 3.05) is 45.0 Å². The highest BCUT2D eigenvalue weighted by Gasteiger charge is 2.32. The molecule has 1 amide bonds. The largest absolute Gasteiger partial charge is 0.340 e. The molecule has 2 aliphatic rings. The van der Waals surface area contributed by atoms with E-state index in [4.69, 9.17) is 11.6 Å². The van der Waals surface area contributed by atoms with Gasteiger partial charge in [-0.15, -0.1) is 0 Å². The Morgan fingerprint density at radius 2 is 1.74 bits per heavy atom. The smallest absolute Gasteiger partial charge is 0.225 e. The molecule has 0 aliphatic carbocycles. The van der Waals surface area contributed by atoms with E-state index in [1.165, 1.54) is 4.31 Å². The van der Waals surface area contributed by atoms with E-state index in [0.29, 0.717) is 31.0 Å². The molecular formula is C19H26ClN3O3S. The van der Waals surface area contributed by atoms with Crippen LogP contribution in [0.15, 0.2) is 30.3 Å². The molecule has 2 heterocycles. The first-order valence-corrected chi connectivity index (χ1v) is 11.3. The Morgan fingerprint density at radius 3 is 2.37 bits per heavy atom. The molecule has 0 unspecified atom stereocenters. The van der Waals surface area contributed by atoms with Gasteiger partial charge in [0.15, 0.2) is 0 Å². The van der Waals surface area contributed by atoms with Crippen molar-refractivity contribution in [3.63, 3.8) is 0 Å². The standard InChI is InChI=1S/C19H26ClN3O3S/c20-18-5-3-16(4-6-18)2-1-15-27(25,26)23-11-7-17(8-12-23)19(24)22-13-9-21-10-14-22/h1-6,17,21H,7-15H2. The van der Waals surface area contributed by atoms with E-state index in [0.717, 1.165) is 31.7 Å². The van der Waals surface area contributed by atoms with Crippen LogP contribution in [0.1, 0.15) is 18.4 Å². The summed E-state index contributed by atoms with van der Waals surface area (Å²) in [6.45, 7) is 3.98. The summed E-state index contributed by atoms with van der Waals surface area (Å²) < 4.78 is 26.6. The number of benzene rings is 1. The van der Waals surface area contributed by atoms with Gasteiger partial charge in [-0.25, -0.2) is 12.7 Å². The number of hydrogen-bond acceptors (Lipinski definition) is 4. The van der Waals surface area contributed by atoms with E-state index in [1.54, 1.807) is 24.3 Å². The topological polar surface area (TPSA) is 69.7 Å². The van der Waals surface area contributed by atoms with Gasteiger partial charge in [0.25, 0.3) is 0 Å². The molecule has 1 N–H and O–H groups in total. The monoisotopic (exact) mass is 411 g/mol. The Labute approximate surface area is 166 Å². The van der Waals surface area contributed by atoms with Crippen LogP contribution >= 0.6 is 11.6 Å². The third kappa shape index (κ3) is 5.54. The molecule has 0 radical (unpaired) electrons. The number of carbonyl (C=O) groups is 1. The maximum absolute atomic E-state index is 12.6. The fourth-order valence-corrected chi connectivity index (χ4v) is 4.95. The van der Waals surface area contributed by atoms with Crippen molar-refractivity contribution in [3.8, 4) is 0 Å². The third-order valence-electron chi connectivity index (χ3n) is 5.11. The van der Waals surface area contributed by atoms with Gasteiger partial charge >= 0.3 is 0 Å². The summed E-state index contributed by atoms with van der Waals surface area (Å²) in [5.74, 6) is 0.0850. The molecule has 2 saturated heterocycles. The van der Waals surface area contributed by atoms with Crippen LogP contribution in [0.5, 0.6) is 0 Å². The molecule has 27 heavy (non-hydrogen) atoms. The van der Waals surface area contributed by atoms with Crippen LogP contribution in [0.2, 0.25) is 5.02 Å². The fourth-order valence-electron chi connectivity index (χ4n) is 3.51. The fraction of sp³-hybridized carbons (Fsp3) is 0.526. The normalized spacial score (nSPS) is 20.3. The summed E-state index contributed by atoms with van der Waals surface area (Å²) >= 11 is 5.85. The maximum Gasteiger partial charge on any atom is 0.225 e. The Balaban J connectivity index is 1.50. The van der Waals surface area contributed by atoms with Crippen molar-refractivity contribution >= 4 is 33.6 Å². The number of nitrogens with zero attached hydrogens (tertiary/aromatic N) is 2. The Bertz CT molecular complexity index is 766. The Hall–Kier alpha value is -1.41. The molecular weight excluding hydrogens is 386 g/mol. The second-order valence-corrected chi connectivity index (χ2v) is 9.43. The lowest BCUT2D eigenvalue weighted by molar-refractivity contribution is -0.137. The zero-order chi connectivity index (χ0) is 19.3. The quantitative estimate of drug-likeness (QED) is 0.802. The lowest BCUT2D eigenvalue weighted by Gasteiger charge is -2.35. The van der Waals surface area contributed by atoms with Crippen LogP contribution in [0.25, 0.3) is 6.08 Å². The van der Waals surface area contributed by atoms with E-state index >= 15 is 0 Å². The molecule has 0 atom stereocenters. The summed E-state index contributed by atoms with van der Waals surface area (Å²) in [4.78, 5) is 14.5. The van der Waals surface area contributed by atoms with Gasteiger partial charge in [-0.1, -0.05) is 35.9 Å². The molecule has 1 aromatic rings. The number of piperazine rings is 1. The predicted molar refractivity (Wildman–Crippen MR) is 108 cm³/mol. The Kier molecular flexibility index (Phi) is 6.92. The van der Waals surface area contributed by atoms with Gasteiger partial charge in [-0.3, -0.25) is 4.79 Å². The van der Waals surface area contributed by atoms with E-state index in [-0.39, 0.29) is 17.6 Å². The van der Waals surface area contributed by atoms with Crippen molar-refractivity contribution in [1.82, 2.24) is 14.5 Å². The molecule has 6 nitrogen and oxygen atoms in total. The van der Waals surface area contributed by atoms with E-state index < -0.39 is 10.0 Å². The van der Waals surface area contributed by atoms with Gasteiger partial charge in [-0.2, -0.15) is 0 Å². The molecule has 0 aromatic heterocycles. The summed E-state index contributed by atoms with van der Waals surface area (Å²) in [5, 5.41) is 3.89. The molecule has 0 spiro atoms. The van der Waals surface area contributed by atoms with Crippen LogP contribution in [0.4, 0.5) is 0 Å². The minimum atomic E-state index is -3.35. The van der Waals surface area contributed by atoms with E-state index in [2.05, 4.69) is 5.32 Å². The molecule has 148 valence electrons. The summed E-state index contributed by atoms with van der Waals surface area (Å²) in [5.41, 5.74) is 0.912. The van der Waals surface area contributed by atoms with Gasteiger partial charge in [0.1, 0.15) is 0 Å². The molecule has 8 heteroatoms. The number of carbonyl (C=O) groups excluding carboxylic acids is 1. The predicted octanol–water partition coefficient (Wildman–Crippen LogP) is 1.83. The SMILES string of the molecule is O=C(C1CCN(S(=O)(=O)CC=Cc2ccc(Cl)cc2)CC1)N1CCNCC1. The number of amides is 1. The summed E-state index contributed by atoms with van der Waals surface area (Å²) in [6.07, 6.45) is 4.65. The molecule has 0 saturated carbocycles. The first-order valence-electron chi connectivity index (χ1n) is 9.35. The van der Waals surface area contributed by atoms with Crippen molar-refractivity contribution < 1.29 is 13.2 Å². The number of halogens is 1. The number of nitrogens with one attached hydrogen (secondary N) is 1. The maximum atomic E-state index is 12.6.